The van der Waals surface area contributed by atoms with E-state index in [1.54, 1.807) is 4.90 Å². The largest absolute Gasteiger partial charge is 0.337 e. The van der Waals surface area contributed by atoms with E-state index in [2.05, 4.69) is 15.9 Å². The summed E-state index contributed by atoms with van der Waals surface area (Å²) in [6.07, 6.45) is 2.38. The van der Waals surface area contributed by atoms with E-state index in [9.17, 15) is 4.79 Å². The van der Waals surface area contributed by atoms with Crippen molar-refractivity contribution in [1.29, 1.82) is 0 Å². The Labute approximate surface area is 110 Å². The lowest BCUT2D eigenvalue weighted by atomic mass is 10.1. The highest BCUT2D eigenvalue weighted by atomic mass is 79.9. The van der Waals surface area contributed by atoms with Gasteiger partial charge in [-0.15, -0.1) is 0 Å². The fourth-order valence-electron chi connectivity index (χ4n) is 2.12. The zero-order valence-electron chi connectivity index (χ0n) is 9.90. The topological polar surface area (TPSA) is 46.3 Å². The second kappa shape index (κ2) is 5.19. The van der Waals surface area contributed by atoms with Gasteiger partial charge in [0, 0.05) is 29.7 Å². The van der Waals surface area contributed by atoms with Gasteiger partial charge in [0.1, 0.15) is 0 Å². The summed E-state index contributed by atoms with van der Waals surface area (Å²) in [5.74, 6) is 0.648. The number of benzene rings is 1. The molecule has 1 aromatic rings. The standard InChI is InChI=1S/C13H17BrN2O/c1-16(12(8-15)9-5-6-9)13(17)10-3-2-4-11(14)7-10/h2-4,7,9,12H,5-6,8,15H2,1H3. The Morgan fingerprint density at radius 1 is 1.59 bits per heavy atom. The molecule has 0 radical (unpaired) electrons. The monoisotopic (exact) mass is 296 g/mol. The molecule has 4 heteroatoms. The zero-order valence-corrected chi connectivity index (χ0v) is 11.5. The Morgan fingerprint density at radius 3 is 2.82 bits per heavy atom. The van der Waals surface area contributed by atoms with E-state index in [0.29, 0.717) is 18.0 Å². The maximum atomic E-state index is 12.3. The molecule has 1 saturated carbocycles. The number of nitrogens with zero attached hydrogens (tertiary/aromatic N) is 1. The molecule has 1 aliphatic carbocycles. The summed E-state index contributed by atoms with van der Waals surface area (Å²) in [5.41, 5.74) is 6.47. The van der Waals surface area contributed by atoms with E-state index in [0.717, 1.165) is 4.47 Å². The highest BCUT2D eigenvalue weighted by molar-refractivity contribution is 9.10. The maximum Gasteiger partial charge on any atom is 0.253 e. The van der Waals surface area contributed by atoms with Gasteiger partial charge in [-0.1, -0.05) is 22.0 Å². The first-order valence-corrected chi connectivity index (χ1v) is 6.65. The average Bonchev–Trinajstić information content (AvgIpc) is 3.13. The summed E-state index contributed by atoms with van der Waals surface area (Å²) in [5, 5.41) is 0. The van der Waals surface area contributed by atoms with Crippen LogP contribution in [-0.2, 0) is 0 Å². The predicted octanol–water partition coefficient (Wildman–Crippen LogP) is 2.26. The lowest BCUT2D eigenvalue weighted by molar-refractivity contribution is 0.0718. The second-order valence-electron chi connectivity index (χ2n) is 4.57. The van der Waals surface area contributed by atoms with Gasteiger partial charge >= 0.3 is 0 Å². The van der Waals surface area contributed by atoms with Crippen LogP contribution in [0.25, 0.3) is 0 Å². The zero-order chi connectivity index (χ0) is 12.4. The summed E-state index contributed by atoms with van der Waals surface area (Å²) in [7, 11) is 1.85. The summed E-state index contributed by atoms with van der Waals surface area (Å²) in [6, 6.07) is 7.66. The molecule has 2 rings (SSSR count). The van der Waals surface area contributed by atoms with Gasteiger partial charge in [-0.05, 0) is 37.0 Å². The molecular formula is C13H17BrN2O. The number of halogens is 1. The average molecular weight is 297 g/mol. The first-order chi connectivity index (χ1) is 8.13. The molecule has 0 spiro atoms. The molecule has 0 aliphatic heterocycles. The Bertz CT molecular complexity index is 418. The van der Waals surface area contributed by atoms with Crippen molar-refractivity contribution in [2.24, 2.45) is 11.7 Å². The smallest absolute Gasteiger partial charge is 0.253 e. The molecule has 2 N–H and O–H groups in total. The number of carbonyl (C=O) groups is 1. The van der Waals surface area contributed by atoms with Crippen molar-refractivity contribution in [2.75, 3.05) is 13.6 Å². The molecule has 92 valence electrons. The first kappa shape index (κ1) is 12.6. The Morgan fingerprint density at radius 2 is 2.29 bits per heavy atom. The van der Waals surface area contributed by atoms with Crippen LogP contribution in [0, 0.1) is 5.92 Å². The number of likely N-dealkylation sites (N-methyl/N-ethyl adjacent to an activating group) is 1. The van der Waals surface area contributed by atoms with Crippen LogP contribution >= 0.6 is 15.9 Å². The van der Waals surface area contributed by atoms with E-state index >= 15 is 0 Å². The number of hydrogen-bond donors (Lipinski definition) is 1. The Kier molecular flexibility index (Phi) is 3.84. The van der Waals surface area contributed by atoms with Crippen molar-refractivity contribution in [3.05, 3.63) is 34.3 Å². The van der Waals surface area contributed by atoms with Gasteiger partial charge in [-0.25, -0.2) is 0 Å². The van der Waals surface area contributed by atoms with Gasteiger partial charge < -0.3 is 10.6 Å². The van der Waals surface area contributed by atoms with Crippen molar-refractivity contribution < 1.29 is 4.79 Å². The molecule has 1 aliphatic rings. The first-order valence-electron chi connectivity index (χ1n) is 5.86. The van der Waals surface area contributed by atoms with Crippen molar-refractivity contribution in [2.45, 2.75) is 18.9 Å². The summed E-state index contributed by atoms with van der Waals surface area (Å²) in [4.78, 5) is 14.1. The summed E-state index contributed by atoms with van der Waals surface area (Å²) < 4.78 is 0.924. The fraction of sp³-hybridized carbons (Fsp3) is 0.462. The van der Waals surface area contributed by atoms with Gasteiger partial charge in [0.05, 0.1) is 0 Å². The number of rotatable bonds is 4. The third-order valence-electron chi connectivity index (χ3n) is 3.30. The van der Waals surface area contributed by atoms with Crippen LogP contribution in [0.2, 0.25) is 0 Å². The van der Waals surface area contributed by atoms with Crippen molar-refractivity contribution in [3.63, 3.8) is 0 Å². The number of nitrogens with two attached hydrogens (primary N) is 1. The highest BCUT2D eigenvalue weighted by Gasteiger charge is 2.34. The van der Waals surface area contributed by atoms with Crippen LogP contribution in [0.4, 0.5) is 0 Å². The number of hydrogen-bond acceptors (Lipinski definition) is 2. The third-order valence-corrected chi connectivity index (χ3v) is 3.79. The van der Waals surface area contributed by atoms with Crippen LogP contribution in [0.15, 0.2) is 28.7 Å². The minimum Gasteiger partial charge on any atom is -0.337 e. The van der Waals surface area contributed by atoms with Crippen LogP contribution in [-0.4, -0.2) is 30.4 Å². The van der Waals surface area contributed by atoms with E-state index in [1.165, 1.54) is 12.8 Å². The maximum absolute atomic E-state index is 12.3. The lowest BCUT2D eigenvalue weighted by Crippen LogP contribution is -2.43. The lowest BCUT2D eigenvalue weighted by Gasteiger charge is -2.27. The van der Waals surface area contributed by atoms with Crippen molar-refractivity contribution in [3.8, 4) is 0 Å². The normalized spacial score (nSPS) is 16.6. The summed E-state index contributed by atoms with van der Waals surface area (Å²) in [6.45, 7) is 0.543. The minimum atomic E-state index is 0.0497. The molecule has 3 nitrogen and oxygen atoms in total. The molecule has 17 heavy (non-hydrogen) atoms. The molecule has 1 amide bonds. The molecule has 0 saturated heterocycles. The third kappa shape index (κ3) is 2.87. The number of amides is 1. The molecule has 0 aromatic heterocycles. The van der Waals surface area contributed by atoms with E-state index in [4.69, 9.17) is 5.73 Å². The SMILES string of the molecule is CN(C(=O)c1cccc(Br)c1)C(CN)C1CC1. The molecule has 1 fully saturated rings. The minimum absolute atomic E-state index is 0.0497. The quantitative estimate of drug-likeness (QED) is 0.926. The molecule has 1 unspecified atom stereocenters. The van der Waals surface area contributed by atoms with E-state index in [-0.39, 0.29) is 11.9 Å². The van der Waals surface area contributed by atoms with Gasteiger partial charge in [0.2, 0.25) is 0 Å². The van der Waals surface area contributed by atoms with Crippen LogP contribution in [0.1, 0.15) is 23.2 Å². The molecule has 0 bridgehead atoms. The van der Waals surface area contributed by atoms with Gasteiger partial charge in [-0.2, -0.15) is 0 Å². The van der Waals surface area contributed by atoms with E-state index < -0.39 is 0 Å². The fourth-order valence-corrected chi connectivity index (χ4v) is 2.52. The van der Waals surface area contributed by atoms with Gasteiger partial charge in [0.25, 0.3) is 5.91 Å². The van der Waals surface area contributed by atoms with Crippen LogP contribution in [0.3, 0.4) is 0 Å². The summed E-state index contributed by atoms with van der Waals surface area (Å²) >= 11 is 3.38. The van der Waals surface area contributed by atoms with Gasteiger partial charge in [0.15, 0.2) is 0 Å². The van der Waals surface area contributed by atoms with E-state index in [1.807, 2.05) is 31.3 Å². The van der Waals surface area contributed by atoms with Crippen molar-refractivity contribution >= 4 is 21.8 Å². The number of carbonyl (C=O) groups excluding carboxylic acids is 1. The van der Waals surface area contributed by atoms with Gasteiger partial charge in [-0.3, -0.25) is 4.79 Å². The molecule has 1 aromatic carbocycles. The second-order valence-corrected chi connectivity index (χ2v) is 5.48. The molecule has 0 heterocycles. The Hall–Kier alpha value is -0.870. The highest BCUT2D eigenvalue weighted by Crippen LogP contribution is 2.35. The molecular weight excluding hydrogens is 280 g/mol. The predicted molar refractivity (Wildman–Crippen MR) is 71.8 cm³/mol. The van der Waals surface area contributed by atoms with Crippen LogP contribution < -0.4 is 5.73 Å². The van der Waals surface area contributed by atoms with Crippen LogP contribution in [0.5, 0.6) is 0 Å². The Balaban J connectivity index is 2.13. The van der Waals surface area contributed by atoms with Crippen molar-refractivity contribution in [1.82, 2.24) is 4.90 Å². The molecule has 1 atom stereocenters.